The molecule has 0 unspecified atom stereocenters. The Morgan fingerprint density at radius 3 is 2.12 bits per heavy atom. The summed E-state index contributed by atoms with van der Waals surface area (Å²) in [4.78, 5) is 0.943. The number of rotatable bonds is 1. The van der Waals surface area contributed by atoms with E-state index in [0.29, 0.717) is 4.64 Å². The SMILES string of the molecule is CC.CC.S=c1cc(-c2cccc(S)c2)[nH][nH]1. The normalized spacial score (nSPS) is 8.53. The van der Waals surface area contributed by atoms with Gasteiger partial charge in [-0.1, -0.05) is 52.0 Å². The molecule has 4 heteroatoms. The fourth-order valence-corrected chi connectivity index (χ4v) is 1.56. The standard InChI is InChI=1S/C9H8N2S2.2C2H6/c12-7-3-1-2-6(4-7)8-5-9(13)11-10-8;2*1-2/h1-5,12H,(H2,10,11,13);2*1-2H3. The lowest BCUT2D eigenvalue weighted by Gasteiger charge is -1.97. The third kappa shape index (κ3) is 5.24. The Kier molecular flexibility index (Phi) is 8.54. The molecule has 0 saturated heterocycles. The summed E-state index contributed by atoms with van der Waals surface area (Å²) in [7, 11) is 0. The molecule has 0 saturated carbocycles. The third-order valence-electron chi connectivity index (χ3n) is 1.75. The van der Waals surface area contributed by atoms with E-state index in [4.69, 9.17) is 12.2 Å². The third-order valence-corrected chi connectivity index (χ3v) is 2.25. The van der Waals surface area contributed by atoms with E-state index in [1.807, 2.05) is 58.0 Å². The lowest BCUT2D eigenvalue weighted by Crippen LogP contribution is -1.77. The lowest BCUT2D eigenvalue weighted by atomic mass is 10.2. The highest BCUT2D eigenvalue weighted by molar-refractivity contribution is 7.80. The number of hydrogen-bond donors (Lipinski definition) is 3. The van der Waals surface area contributed by atoms with Gasteiger partial charge in [-0.25, -0.2) is 0 Å². The highest BCUT2D eigenvalue weighted by Gasteiger charge is 1.98. The average Bonchev–Trinajstić information content (AvgIpc) is 2.81. The van der Waals surface area contributed by atoms with Crippen LogP contribution in [-0.4, -0.2) is 10.2 Å². The van der Waals surface area contributed by atoms with Crippen LogP contribution >= 0.6 is 24.8 Å². The Bertz CT molecular complexity index is 472. The molecule has 1 aromatic carbocycles. The second-order valence-corrected chi connectivity index (χ2v) is 3.68. The van der Waals surface area contributed by atoms with Crippen LogP contribution in [0.3, 0.4) is 0 Å². The number of H-pyrrole nitrogens is 2. The molecule has 0 radical (unpaired) electrons. The van der Waals surface area contributed by atoms with Crippen molar-refractivity contribution < 1.29 is 0 Å². The fourth-order valence-electron chi connectivity index (χ4n) is 1.16. The summed E-state index contributed by atoms with van der Waals surface area (Å²) in [5, 5.41) is 5.84. The number of benzene rings is 1. The summed E-state index contributed by atoms with van der Waals surface area (Å²) in [6.45, 7) is 8.00. The van der Waals surface area contributed by atoms with Crippen LogP contribution in [-0.2, 0) is 0 Å². The van der Waals surface area contributed by atoms with Gasteiger partial charge in [0.05, 0.1) is 5.69 Å². The molecule has 17 heavy (non-hydrogen) atoms. The monoisotopic (exact) mass is 268 g/mol. The van der Waals surface area contributed by atoms with Crippen molar-refractivity contribution in [1.82, 2.24) is 10.2 Å². The van der Waals surface area contributed by atoms with Gasteiger partial charge in [0.15, 0.2) is 0 Å². The molecule has 0 spiro atoms. The first-order chi connectivity index (χ1) is 8.25. The summed E-state index contributed by atoms with van der Waals surface area (Å²) in [5.74, 6) is 0. The second kappa shape index (κ2) is 9.07. The van der Waals surface area contributed by atoms with Crippen LogP contribution in [0.25, 0.3) is 11.3 Å². The van der Waals surface area contributed by atoms with E-state index in [0.717, 1.165) is 16.2 Å². The van der Waals surface area contributed by atoms with E-state index < -0.39 is 0 Å². The van der Waals surface area contributed by atoms with Crippen LogP contribution < -0.4 is 0 Å². The van der Waals surface area contributed by atoms with E-state index in [9.17, 15) is 0 Å². The average molecular weight is 268 g/mol. The van der Waals surface area contributed by atoms with Gasteiger partial charge < -0.3 is 0 Å². The maximum atomic E-state index is 4.96. The molecule has 0 atom stereocenters. The molecular weight excluding hydrogens is 248 g/mol. The Balaban J connectivity index is 0.000000581. The quantitative estimate of drug-likeness (QED) is 0.489. The first kappa shape index (κ1) is 16.0. The predicted octanol–water partition coefficient (Wildman–Crippen LogP) is 5.08. The molecular formula is C13H20N2S2. The van der Waals surface area contributed by atoms with Gasteiger partial charge >= 0.3 is 0 Å². The van der Waals surface area contributed by atoms with Gasteiger partial charge in [-0.2, -0.15) is 0 Å². The van der Waals surface area contributed by atoms with Crippen molar-refractivity contribution >= 4 is 24.8 Å². The topological polar surface area (TPSA) is 31.6 Å². The smallest absolute Gasteiger partial charge is 0.119 e. The molecule has 0 aliphatic heterocycles. The van der Waals surface area contributed by atoms with E-state index in [-0.39, 0.29) is 0 Å². The maximum Gasteiger partial charge on any atom is 0.119 e. The van der Waals surface area contributed by atoms with Gasteiger partial charge in [0.1, 0.15) is 4.64 Å². The summed E-state index contributed by atoms with van der Waals surface area (Å²) < 4.78 is 0.708. The first-order valence-electron chi connectivity index (χ1n) is 5.83. The van der Waals surface area contributed by atoms with Crippen LogP contribution in [0.2, 0.25) is 0 Å². The molecule has 0 fully saturated rings. The van der Waals surface area contributed by atoms with Crippen LogP contribution in [0.1, 0.15) is 27.7 Å². The van der Waals surface area contributed by atoms with Gasteiger partial charge in [-0.3, -0.25) is 10.2 Å². The summed E-state index contributed by atoms with van der Waals surface area (Å²) in [6.07, 6.45) is 0. The first-order valence-corrected chi connectivity index (χ1v) is 6.68. The van der Waals surface area contributed by atoms with Crippen molar-refractivity contribution in [3.63, 3.8) is 0 Å². The zero-order chi connectivity index (χ0) is 13.3. The molecule has 0 aliphatic carbocycles. The number of aromatic amines is 2. The Morgan fingerprint density at radius 1 is 1.00 bits per heavy atom. The van der Waals surface area contributed by atoms with Gasteiger partial charge in [0, 0.05) is 10.5 Å². The molecule has 2 rings (SSSR count). The molecule has 2 N–H and O–H groups in total. The minimum absolute atomic E-state index is 0.708. The van der Waals surface area contributed by atoms with E-state index in [2.05, 4.69) is 22.8 Å². The van der Waals surface area contributed by atoms with E-state index in [1.54, 1.807) is 0 Å². The molecule has 0 amide bonds. The van der Waals surface area contributed by atoms with Crippen LogP contribution in [0.5, 0.6) is 0 Å². The molecule has 1 aromatic heterocycles. The summed E-state index contributed by atoms with van der Waals surface area (Å²) in [6, 6.07) is 9.78. The Hall–Kier alpha value is -1.00. The zero-order valence-electron chi connectivity index (χ0n) is 10.7. The minimum atomic E-state index is 0.708. The van der Waals surface area contributed by atoms with E-state index in [1.165, 1.54) is 0 Å². The fraction of sp³-hybridized carbons (Fsp3) is 0.308. The number of thiol groups is 1. The summed E-state index contributed by atoms with van der Waals surface area (Å²) in [5.41, 5.74) is 2.07. The minimum Gasteiger partial charge on any atom is -0.299 e. The van der Waals surface area contributed by atoms with Crippen LogP contribution in [0, 0.1) is 4.64 Å². The molecule has 2 aromatic rings. The van der Waals surface area contributed by atoms with Gasteiger partial charge in [-0.15, -0.1) is 12.6 Å². The van der Waals surface area contributed by atoms with Crippen molar-refractivity contribution in [3.8, 4) is 11.3 Å². The Labute approximate surface area is 114 Å². The predicted molar refractivity (Wildman–Crippen MR) is 81.4 cm³/mol. The van der Waals surface area contributed by atoms with Gasteiger partial charge in [-0.05, 0) is 18.2 Å². The summed E-state index contributed by atoms with van der Waals surface area (Å²) >= 11 is 9.22. The molecule has 94 valence electrons. The highest BCUT2D eigenvalue weighted by atomic mass is 32.1. The lowest BCUT2D eigenvalue weighted by molar-refractivity contribution is 1.08. The van der Waals surface area contributed by atoms with Gasteiger partial charge in [0.2, 0.25) is 0 Å². The second-order valence-electron chi connectivity index (χ2n) is 2.72. The van der Waals surface area contributed by atoms with E-state index >= 15 is 0 Å². The van der Waals surface area contributed by atoms with Crippen molar-refractivity contribution in [3.05, 3.63) is 35.0 Å². The molecule has 0 aliphatic rings. The van der Waals surface area contributed by atoms with Crippen molar-refractivity contribution in [2.45, 2.75) is 32.6 Å². The number of nitrogens with one attached hydrogen (secondary N) is 2. The zero-order valence-corrected chi connectivity index (χ0v) is 12.5. The largest absolute Gasteiger partial charge is 0.299 e. The van der Waals surface area contributed by atoms with Crippen molar-refractivity contribution in [1.29, 1.82) is 0 Å². The Morgan fingerprint density at radius 2 is 1.65 bits per heavy atom. The highest BCUT2D eigenvalue weighted by Crippen LogP contribution is 2.19. The van der Waals surface area contributed by atoms with Gasteiger partial charge in [0.25, 0.3) is 0 Å². The molecule has 2 nitrogen and oxygen atoms in total. The van der Waals surface area contributed by atoms with Crippen LogP contribution in [0.4, 0.5) is 0 Å². The number of aromatic nitrogens is 2. The van der Waals surface area contributed by atoms with Crippen molar-refractivity contribution in [2.75, 3.05) is 0 Å². The molecule has 0 bridgehead atoms. The number of hydrogen-bond acceptors (Lipinski definition) is 2. The van der Waals surface area contributed by atoms with Crippen LogP contribution in [0.15, 0.2) is 35.2 Å². The van der Waals surface area contributed by atoms with Crippen molar-refractivity contribution in [2.24, 2.45) is 0 Å². The maximum absolute atomic E-state index is 4.96. The molecule has 1 heterocycles.